The molecule has 9 heteroatoms. The van der Waals surface area contributed by atoms with E-state index >= 15 is 4.39 Å². The van der Waals surface area contributed by atoms with Crippen LogP contribution in [-0.4, -0.2) is 61.3 Å². The van der Waals surface area contributed by atoms with Crippen molar-refractivity contribution < 1.29 is 28.2 Å². The summed E-state index contributed by atoms with van der Waals surface area (Å²) >= 11 is 0. The topological polar surface area (TPSA) is 97.8 Å². The Morgan fingerprint density at radius 2 is 2.06 bits per heavy atom. The minimum absolute atomic E-state index is 0.176. The van der Waals surface area contributed by atoms with Crippen LogP contribution in [-0.2, 0) is 25.5 Å². The summed E-state index contributed by atoms with van der Waals surface area (Å²) in [6, 6.07) is 10.4. The van der Waals surface area contributed by atoms with Crippen LogP contribution in [0.1, 0.15) is 44.8 Å². The van der Waals surface area contributed by atoms with E-state index in [4.69, 9.17) is 9.47 Å². The monoisotopic (exact) mass is 491 g/mol. The number of pyridine rings is 1. The molecule has 0 bridgehead atoms. The third-order valence-corrected chi connectivity index (χ3v) is 7.25. The Balaban J connectivity index is 1.29. The fourth-order valence-electron chi connectivity index (χ4n) is 5.23. The highest BCUT2D eigenvalue weighted by atomic mass is 19.1. The van der Waals surface area contributed by atoms with Crippen LogP contribution in [0.2, 0.25) is 0 Å². The lowest BCUT2D eigenvalue weighted by Gasteiger charge is -2.31. The van der Waals surface area contributed by atoms with Crippen LogP contribution in [0.15, 0.2) is 66.1 Å². The summed E-state index contributed by atoms with van der Waals surface area (Å²) in [5, 5.41) is 2.48. The number of halogens is 1. The number of nitrogens with zero attached hydrogens (tertiary/aromatic N) is 2. The zero-order chi connectivity index (χ0) is 25.5. The summed E-state index contributed by atoms with van der Waals surface area (Å²) < 4.78 is 26.6. The van der Waals surface area contributed by atoms with Crippen molar-refractivity contribution in [3.05, 3.63) is 88.5 Å². The second kappa shape index (κ2) is 9.07. The normalized spacial score (nSPS) is 25.4. The molecule has 1 saturated heterocycles. The predicted molar refractivity (Wildman–Crippen MR) is 128 cm³/mol. The van der Waals surface area contributed by atoms with Crippen LogP contribution in [0.4, 0.5) is 4.39 Å². The highest BCUT2D eigenvalue weighted by Gasteiger charge is 2.50. The van der Waals surface area contributed by atoms with Gasteiger partial charge in [-0.1, -0.05) is 30.3 Å². The Kier molecular flexibility index (Phi) is 6.05. The molecule has 2 aromatic rings. The molecule has 2 unspecified atom stereocenters. The quantitative estimate of drug-likeness (QED) is 0.621. The Bertz CT molecular complexity index is 1300. The Morgan fingerprint density at radius 3 is 2.78 bits per heavy atom. The molecule has 1 aromatic carbocycles. The van der Waals surface area contributed by atoms with E-state index in [0.717, 1.165) is 5.56 Å². The lowest BCUT2D eigenvalue weighted by molar-refractivity contribution is -0.134. The molecule has 1 aromatic heterocycles. The van der Waals surface area contributed by atoms with Crippen LogP contribution < -0.4 is 5.32 Å². The van der Waals surface area contributed by atoms with E-state index in [1.807, 2.05) is 18.2 Å². The molecule has 186 valence electrons. The molecular weight excluding hydrogens is 465 g/mol. The molecule has 8 nitrogen and oxygen atoms in total. The van der Waals surface area contributed by atoms with Crippen molar-refractivity contribution in [2.45, 2.75) is 24.0 Å². The molecule has 2 aliphatic heterocycles. The van der Waals surface area contributed by atoms with Crippen LogP contribution in [0.5, 0.6) is 0 Å². The number of fused-ring (bicyclic) bond motifs is 2. The minimum atomic E-state index is -1.65. The molecule has 1 N–H and O–H groups in total. The van der Waals surface area contributed by atoms with Crippen LogP contribution in [0.25, 0.3) is 0 Å². The SMILES string of the molecule is CNC(=O)c1ccc(C2(OC)C=CC(CCN3CCC4(C3)OC(=O)c3ccccc34)=C(F)C2=O)cn1. The number of likely N-dealkylation sites (tertiary alicyclic amines) is 1. The van der Waals surface area contributed by atoms with Gasteiger partial charge in [-0.3, -0.25) is 19.5 Å². The summed E-state index contributed by atoms with van der Waals surface area (Å²) in [7, 11) is 2.82. The van der Waals surface area contributed by atoms with Gasteiger partial charge in [0.25, 0.3) is 5.91 Å². The smallest absolute Gasteiger partial charge is 0.339 e. The molecule has 2 atom stereocenters. The number of carbonyl (C=O) groups is 3. The first-order valence-corrected chi connectivity index (χ1v) is 11.8. The molecule has 36 heavy (non-hydrogen) atoms. The maximum Gasteiger partial charge on any atom is 0.339 e. The average molecular weight is 492 g/mol. The first-order valence-electron chi connectivity index (χ1n) is 11.8. The zero-order valence-electron chi connectivity index (χ0n) is 20.0. The molecule has 5 rings (SSSR count). The number of rotatable bonds is 6. The van der Waals surface area contributed by atoms with E-state index in [2.05, 4.69) is 15.2 Å². The van der Waals surface area contributed by atoms with E-state index in [-0.39, 0.29) is 23.1 Å². The molecule has 0 saturated carbocycles. The van der Waals surface area contributed by atoms with Crippen molar-refractivity contribution in [1.29, 1.82) is 0 Å². The number of methoxy groups -OCH3 is 1. The van der Waals surface area contributed by atoms with E-state index in [1.165, 1.54) is 38.6 Å². The van der Waals surface area contributed by atoms with Gasteiger partial charge in [0.2, 0.25) is 5.78 Å². The first-order chi connectivity index (χ1) is 17.3. The van der Waals surface area contributed by atoms with Gasteiger partial charge in [-0.05, 0) is 30.2 Å². The minimum Gasteiger partial charge on any atom is -0.449 e. The van der Waals surface area contributed by atoms with Gasteiger partial charge in [0, 0.05) is 57.5 Å². The maximum atomic E-state index is 15.3. The third-order valence-electron chi connectivity index (χ3n) is 7.25. The van der Waals surface area contributed by atoms with Crippen molar-refractivity contribution in [3.63, 3.8) is 0 Å². The number of hydrogen-bond acceptors (Lipinski definition) is 7. The van der Waals surface area contributed by atoms with Crippen molar-refractivity contribution in [2.75, 3.05) is 33.8 Å². The second-order valence-electron chi connectivity index (χ2n) is 9.16. The van der Waals surface area contributed by atoms with E-state index < -0.39 is 22.8 Å². The van der Waals surface area contributed by atoms with Gasteiger partial charge in [-0.2, -0.15) is 0 Å². The molecule has 3 aliphatic rings. The largest absolute Gasteiger partial charge is 0.449 e. The Morgan fingerprint density at radius 1 is 1.25 bits per heavy atom. The lowest BCUT2D eigenvalue weighted by Crippen LogP contribution is -2.39. The van der Waals surface area contributed by atoms with Crippen LogP contribution in [0.3, 0.4) is 0 Å². The first kappa shape index (κ1) is 24.0. The van der Waals surface area contributed by atoms with Crippen molar-refractivity contribution in [2.24, 2.45) is 0 Å². The van der Waals surface area contributed by atoms with Crippen molar-refractivity contribution in [3.8, 4) is 0 Å². The third kappa shape index (κ3) is 3.75. The standard InChI is InChI=1S/C27H26FN3O5/c1-29-24(33)21-8-7-18(15-30-21)27(35-2)11-9-17(22(28)23(27)32)10-13-31-14-12-26(16-31)20-6-4-3-5-19(20)25(34)36-26/h3-9,11,15H,10,12-14,16H2,1-2H3,(H,29,33). The lowest BCUT2D eigenvalue weighted by atomic mass is 9.83. The van der Waals surface area contributed by atoms with Gasteiger partial charge < -0.3 is 14.8 Å². The molecule has 1 amide bonds. The van der Waals surface area contributed by atoms with Gasteiger partial charge in [0.05, 0.1) is 5.56 Å². The molecule has 1 spiro atoms. The van der Waals surface area contributed by atoms with E-state index in [1.54, 1.807) is 12.1 Å². The fraction of sp³-hybridized carbons (Fsp3) is 0.333. The summed E-state index contributed by atoms with van der Waals surface area (Å²) in [6.07, 6.45) is 5.43. The average Bonchev–Trinajstić information content (AvgIpc) is 3.45. The number of ketones is 1. The number of hydrogen-bond donors (Lipinski definition) is 1. The van der Waals surface area contributed by atoms with Gasteiger partial charge in [0.15, 0.2) is 17.0 Å². The number of esters is 1. The van der Waals surface area contributed by atoms with Crippen LogP contribution in [0, 0.1) is 0 Å². The number of carbonyl (C=O) groups excluding carboxylic acids is 3. The highest BCUT2D eigenvalue weighted by molar-refractivity contribution is 6.04. The van der Waals surface area contributed by atoms with Gasteiger partial charge in [0.1, 0.15) is 5.69 Å². The second-order valence-corrected chi connectivity index (χ2v) is 9.16. The summed E-state index contributed by atoms with van der Waals surface area (Å²) in [4.78, 5) is 43.4. The van der Waals surface area contributed by atoms with Gasteiger partial charge in [-0.25, -0.2) is 9.18 Å². The maximum absolute atomic E-state index is 15.3. The highest BCUT2D eigenvalue weighted by Crippen LogP contribution is 2.43. The number of amides is 1. The summed E-state index contributed by atoms with van der Waals surface area (Å²) in [5.41, 5.74) is -0.0302. The molecule has 1 fully saturated rings. The number of Topliss-reactive ketones (excluding diaryl/α,β-unsaturated/α-hetero) is 1. The van der Waals surface area contributed by atoms with Crippen molar-refractivity contribution in [1.82, 2.24) is 15.2 Å². The Hall–Kier alpha value is -3.69. The Labute approximate surface area is 207 Å². The number of nitrogens with one attached hydrogen (secondary N) is 1. The van der Waals surface area contributed by atoms with Crippen molar-refractivity contribution >= 4 is 17.7 Å². The molecule has 0 radical (unpaired) electrons. The van der Waals surface area contributed by atoms with Gasteiger partial charge in [-0.15, -0.1) is 0 Å². The number of aromatic nitrogens is 1. The summed E-state index contributed by atoms with van der Waals surface area (Å²) in [6.45, 7) is 1.72. The summed E-state index contributed by atoms with van der Waals surface area (Å²) in [5.74, 6) is -2.35. The predicted octanol–water partition coefficient (Wildman–Crippen LogP) is 2.81. The molecule has 3 heterocycles. The molecular formula is C27H26FN3O5. The zero-order valence-corrected chi connectivity index (χ0v) is 20.0. The van der Waals surface area contributed by atoms with Crippen LogP contribution >= 0.6 is 0 Å². The van der Waals surface area contributed by atoms with Gasteiger partial charge >= 0.3 is 5.97 Å². The number of benzene rings is 1. The van der Waals surface area contributed by atoms with E-state index in [9.17, 15) is 14.4 Å². The van der Waals surface area contributed by atoms with E-state index in [0.29, 0.717) is 43.6 Å². The fourth-order valence-corrected chi connectivity index (χ4v) is 5.23. The number of ether oxygens (including phenoxy) is 2. The molecule has 1 aliphatic carbocycles. The number of allylic oxidation sites excluding steroid dienone is 1.